The average molecular weight is 248 g/mol. The van der Waals surface area contributed by atoms with E-state index in [4.69, 9.17) is 10.5 Å². The first-order valence-corrected chi connectivity index (χ1v) is 6.89. The van der Waals surface area contributed by atoms with Crippen molar-refractivity contribution in [2.45, 2.75) is 32.2 Å². The highest BCUT2D eigenvalue weighted by atomic mass is 16.5. The number of rotatable bonds is 4. The fraction of sp³-hybridized carbons (Fsp3) is 0.600. The summed E-state index contributed by atoms with van der Waals surface area (Å²) in [6, 6.07) is 6.44. The minimum Gasteiger partial charge on any atom is -0.496 e. The van der Waals surface area contributed by atoms with Crippen LogP contribution in [0.1, 0.15) is 36.9 Å². The molecule has 3 N–H and O–H groups in total. The van der Waals surface area contributed by atoms with E-state index in [1.54, 1.807) is 7.11 Å². The summed E-state index contributed by atoms with van der Waals surface area (Å²) in [7, 11) is 1.72. The molecule has 1 aromatic rings. The number of methoxy groups -OCH3 is 1. The Morgan fingerprint density at radius 2 is 2.33 bits per heavy atom. The quantitative estimate of drug-likeness (QED) is 0.859. The summed E-state index contributed by atoms with van der Waals surface area (Å²) in [5.41, 5.74) is 8.93. The van der Waals surface area contributed by atoms with E-state index in [0.29, 0.717) is 5.92 Å². The van der Waals surface area contributed by atoms with Crippen LogP contribution in [0.2, 0.25) is 0 Å². The molecule has 1 aliphatic rings. The van der Waals surface area contributed by atoms with Crippen LogP contribution in [0.15, 0.2) is 18.2 Å². The molecule has 1 aliphatic heterocycles. The molecule has 1 fully saturated rings. The molecule has 0 radical (unpaired) electrons. The lowest BCUT2D eigenvalue weighted by atomic mass is 9.86. The lowest BCUT2D eigenvalue weighted by Gasteiger charge is -2.29. The van der Waals surface area contributed by atoms with Crippen LogP contribution in [0.25, 0.3) is 0 Å². The maximum absolute atomic E-state index is 6.45. The molecule has 1 aromatic carbocycles. The van der Waals surface area contributed by atoms with Crippen LogP contribution in [0.3, 0.4) is 0 Å². The number of hydrogen-bond acceptors (Lipinski definition) is 3. The van der Waals surface area contributed by atoms with E-state index in [1.165, 1.54) is 18.4 Å². The summed E-state index contributed by atoms with van der Waals surface area (Å²) < 4.78 is 5.46. The van der Waals surface area contributed by atoms with Crippen LogP contribution in [0, 0.1) is 5.92 Å². The molecule has 18 heavy (non-hydrogen) atoms. The number of nitrogens with one attached hydrogen (secondary N) is 1. The first-order valence-electron chi connectivity index (χ1n) is 6.89. The Bertz CT molecular complexity index is 386. The minimum absolute atomic E-state index is 0.0687. The molecule has 0 saturated carbocycles. The van der Waals surface area contributed by atoms with E-state index in [2.05, 4.69) is 24.4 Å². The summed E-state index contributed by atoms with van der Waals surface area (Å²) in [6.45, 7) is 4.30. The summed E-state index contributed by atoms with van der Waals surface area (Å²) >= 11 is 0. The van der Waals surface area contributed by atoms with Crippen molar-refractivity contribution in [3.8, 4) is 5.75 Å². The van der Waals surface area contributed by atoms with Gasteiger partial charge in [0.1, 0.15) is 5.75 Å². The standard InChI is InChI=1S/C15H24N2O/c1-3-11-6-7-14(18-2)13(9-11)15(16)12-5-4-8-17-10-12/h6-7,9,12,15,17H,3-5,8,10,16H2,1-2H3. The smallest absolute Gasteiger partial charge is 0.123 e. The summed E-state index contributed by atoms with van der Waals surface area (Å²) in [5.74, 6) is 1.44. The molecule has 0 bridgehead atoms. The highest BCUT2D eigenvalue weighted by molar-refractivity contribution is 5.39. The third-order valence-electron chi connectivity index (χ3n) is 3.90. The highest BCUT2D eigenvalue weighted by Gasteiger charge is 2.24. The fourth-order valence-electron chi connectivity index (χ4n) is 2.70. The second-order valence-electron chi connectivity index (χ2n) is 5.06. The molecule has 2 atom stereocenters. The molecular weight excluding hydrogens is 224 g/mol. The number of piperidine rings is 1. The lowest BCUT2D eigenvalue weighted by molar-refractivity contribution is 0.317. The van der Waals surface area contributed by atoms with Gasteiger partial charge in [0.2, 0.25) is 0 Å². The number of aryl methyl sites for hydroxylation is 1. The third-order valence-corrected chi connectivity index (χ3v) is 3.90. The minimum atomic E-state index is 0.0687. The van der Waals surface area contributed by atoms with Gasteiger partial charge in [0.15, 0.2) is 0 Å². The van der Waals surface area contributed by atoms with Gasteiger partial charge in [0.25, 0.3) is 0 Å². The molecule has 0 aliphatic carbocycles. The van der Waals surface area contributed by atoms with Gasteiger partial charge in [0, 0.05) is 11.6 Å². The first-order chi connectivity index (χ1) is 8.76. The SMILES string of the molecule is CCc1ccc(OC)c(C(N)C2CCCNC2)c1. The zero-order chi connectivity index (χ0) is 13.0. The highest BCUT2D eigenvalue weighted by Crippen LogP contribution is 2.32. The second-order valence-corrected chi connectivity index (χ2v) is 5.06. The summed E-state index contributed by atoms with van der Waals surface area (Å²) in [5, 5.41) is 3.43. The van der Waals surface area contributed by atoms with E-state index in [-0.39, 0.29) is 6.04 Å². The molecule has 1 heterocycles. The van der Waals surface area contributed by atoms with Crippen molar-refractivity contribution in [1.82, 2.24) is 5.32 Å². The van der Waals surface area contributed by atoms with Gasteiger partial charge in [0.05, 0.1) is 7.11 Å². The van der Waals surface area contributed by atoms with Crippen molar-refractivity contribution >= 4 is 0 Å². The Morgan fingerprint density at radius 3 is 2.94 bits per heavy atom. The Balaban J connectivity index is 2.23. The van der Waals surface area contributed by atoms with Crippen LogP contribution < -0.4 is 15.8 Å². The largest absolute Gasteiger partial charge is 0.496 e. The molecule has 1 saturated heterocycles. The van der Waals surface area contributed by atoms with E-state index in [1.807, 2.05) is 6.07 Å². The van der Waals surface area contributed by atoms with Crippen LogP contribution in [-0.2, 0) is 6.42 Å². The lowest BCUT2D eigenvalue weighted by Crippen LogP contribution is -2.36. The molecule has 100 valence electrons. The molecule has 0 amide bonds. The maximum Gasteiger partial charge on any atom is 0.123 e. The van der Waals surface area contributed by atoms with Gasteiger partial charge >= 0.3 is 0 Å². The molecule has 2 rings (SSSR count). The zero-order valence-corrected chi connectivity index (χ0v) is 11.4. The first kappa shape index (κ1) is 13.4. The van der Waals surface area contributed by atoms with E-state index in [9.17, 15) is 0 Å². The number of ether oxygens (including phenoxy) is 1. The summed E-state index contributed by atoms with van der Waals surface area (Å²) in [4.78, 5) is 0. The van der Waals surface area contributed by atoms with Crippen LogP contribution in [-0.4, -0.2) is 20.2 Å². The zero-order valence-electron chi connectivity index (χ0n) is 11.4. The normalized spacial score (nSPS) is 21.6. The molecule has 0 aromatic heterocycles. The number of nitrogens with two attached hydrogens (primary N) is 1. The third kappa shape index (κ3) is 2.85. The number of hydrogen-bond donors (Lipinski definition) is 2. The van der Waals surface area contributed by atoms with E-state index in [0.717, 1.165) is 30.8 Å². The summed E-state index contributed by atoms with van der Waals surface area (Å²) in [6.07, 6.45) is 3.45. The van der Waals surface area contributed by atoms with Crippen LogP contribution in [0.4, 0.5) is 0 Å². The fourth-order valence-corrected chi connectivity index (χ4v) is 2.70. The Hall–Kier alpha value is -1.06. The molecule has 3 heteroatoms. The van der Waals surface area contributed by atoms with Crippen LogP contribution in [0.5, 0.6) is 5.75 Å². The Morgan fingerprint density at radius 1 is 1.50 bits per heavy atom. The maximum atomic E-state index is 6.45. The van der Waals surface area contributed by atoms with Crippen molar-refractivity contribution in [3.63, 3.8) is 0 Å². The molecular formula is C15H24N2O. The van der Waals surface area contributed by atoms with Crippen molar-refractivity contribution in [1.29, 1.82) is 0 Å². The van der Waals surface area contributed by atoms with Crippen molar-refractivity contribution in [2.24, 2.45) is 11.7 Å². The van der Waals surface area contributed by atoms with Gasteiger partial charge in [-0.3, -0.25) is 0 Å². The van der Waals surface area contributed by atoms with Crippen LogP contribution >= 0.6 is 0 Å². The Labute approximate surface area is 110 Å². The predicted molar refractivity (Wildman–Crippen MR) is 74.9 cm³/mol. The topological polar surface area (TPSA) is 47.3 Å². The van der Waals surface area contributed by atoms with Gasteiger partial charge in [-0.1, -0.05) is 19.1 Å². The van der Waals surface area contributed by atoms with Gasteiger partial charge in [-0.25, -0.2) is 0 Å². The van der Waals surface area contributed by atoms with E-state index >= 15 is 0 Å². The van der Waals surface area contributed by atoms with Gasteiger partial charge < -0.3 is 15.8 Å². The molecule has 2 unspecified atom stereocenters. The predicted octanol–water partition coefficient (Wildman–Crippen LogP) is 2.26. The van der Waals surface area contributed by atoms with Crippen molar-refractivity contribution in [3.05, 3.63) is 29.3 Å². The molecule has 3 nitrogen and oxygen atoms in total. The Kier molecular flexibility index (Phi) is 4.61. The average Bonchev–Trinajstić information content (AvgIpc) is 2.46. The van der Waals surface area contributed by atoms with Crippen molar-refractivity contribution in [2.75, 3.05) is 20.2 Å². The van der Waals surface area contributed by atoms with Crippen molar-refractivity contribution < 1.29 is 4.74 Å². The molecule has 0 spiro atoms. The van der Waals surface area contributed by atoms with E-state index < -0.39 is 0 Å². The van der Waals surface area contributed by atoms with Gasteiger partial charge in [-0.15, -0.1) is 0 Å². The van der Waals surface area contributed by atoms with Gasteiger partial charge in [-0.2, -0.15) is 0 Å². The monoisotopic (exact) mass is 248 g/mol. The second kappa shape index (κ2) is 6.21. The van der Waals surface area contributed by atoms with Gasteiger partial charge in [-0.05, 0) is 49.9 Å². The number of benzene rings is 1.